The summed E-state index contributed by atoms with van der Waals surface area (Å²) in [6.07, 6.45) is 4.64. The lowest BCUT2D eigenvalue weighted by Gasteiger charge is -2.33. The van der Waals surface area contributed by atoms with Crippen molar-refractivity contribution >= 4 is 79.9 Å². The molecule has 3 aromatic carbocycles. The van der Waals surface area contributed by atoms with E-state index in [1.807, 2.05) is 36.4 Å². The number of nitrogens with one attached hydrogen (secondary N) is 1. The van der Waals surface area contributed by atoms with Gasteiger partial charge in [-0.05, 0) is 107 Å². The molecule has 0 radical (unpaired) electrons. The number of hydrogen-bond donors (Lipinski definition) is 1. The van der Waals surface area contributed by atoms with Crippen molar-refractivity contribution in [3.05, 3.63) is 101 Å². The van der Waals surface area contributed by atoms with Crippen LogP contribution in [0, 0.1) is 14.9 Å². The zero-order valence-corrected chi connectivity index (χ0v) is 29.0. The Bertz CT molecular complexity index is 1660. The van der Waals surface area contributed by atoms with Crippen molar-refractivity contribution in [1.29, 1.82) is 0 Å². The van der Waals surface area contributed by atoms with Crippen molar-refractivity contribution in [2.24, 2.45) is 16.3 Å². The molecule has 0 unspecified atom stereocenters. The summed E-state index contributed by atoms with van der Waals surface area (Å²) in [5.74, 6) is 1.63. The Hall–Kier alpha value is -2.59. The Morgan fingerprint density at radius 1 is 1.14 bits per heavy atom. The first-order chi connectivity index (χ1) is 20.5. The molecule has 1 atom stereocenters. The molecule has 0 bridgehead atoms. The van der Waals surface area contributed by atoms with Crippen LogP contribution >= 0.6 is 57.1 Å². The quantitative estimate of drug-likeness (QED) is 0.144. The number of methoxy groups -OCH3 is 1. The fourth-order valence-electron chi connectivity index (χ4n) is 5.22. The average Bonchev–Trinajstić information content (AvgIpc) is 3.34. The third-order valence-corrected chi connectivity index (χ3v) is 10.3. The molecule has 1 heterocycles. The molecule has 0 saturated heterocycles. The summed E-state index contributed by atoms with van der Waals surface area (Å²) in [6, 6.07) is 18.6. The van der Waals surface area contributed by atoms with Crippen LogP contribution in [0.2, 0.25) is 10.0 Å². The molecule has 1 aromatic heterocycles. The number of hydrogen-bond acceptors (Lipinski definition) is 5. The highest BCUT2D eigenvalue weighted by Gasteiger charge is 2.33. The molecule has 0 spiro atoms. The minimum absolute atomic E-state index is 0.156. The number of anilines is 1. The van der Waals surface area contributed by atoms with Crippen LogP contribution in [0.25, 0.3) is 0 Å². The minimum atomic E-state index is -0.156. The van der Waals surface area contributed by atoms with E-state index in [4.69, 9.17) is 37.7 Å². The first-order valence-corrected chi connectivity index (χ1v) is 16.7. The van der Waals surface area contributed by atoms with Gasteiger partial charge in [-0.25, -0.2) is 4.99 Å². The van der Waals surface area contributed by atoms with E-state index in [2.05, 4.69) is 48.7 Å². The van der Waals surface area contributed by atoms with Crippen LogP contribution in [0.4, 0.5) is 10.7 Å². The fourth-order valence-corrected chi connectivity index (χ4v) is 7.58. The van der Waals surface area contributed by atoms with Gasteiger partial charge in [0.1, 0.15) is 11.6 Å². The second kappa shape index (κ2) is 13.6. The lowest BCUT2D eigenvalue weighted by Crippen LogP contribution is -2.27. The molecule has 1 aliphatic carbocycles. The van der Waals surface area contributed by atoms with E-state index in [0.29, 0.717) is 50.3 Å². The molecule has 5 nitrogen and oxygen atoms in total. The highest BCUT2D eigenvalue weighted by molar-refractivity contribution is 14.1. The van der Waals surface area contributed by atoms with Crippen molar-refractivity contribution in [2.45, 2.75) is 46.6 Å². The molecule has 0 saturated carbocycles. The molecule has 4 aromatic rings. The summed E-state index contributed by atoms with van der Waals surface area (Å²) in [6.45, 7) is 7.20. The number of carbonyl (C=O) groups excluding carboxylic acids is 1. The Kier molecular flexibility index (Phi) is 10.1. The van der Waals surface area contributed by atoms with Crippen molar-refractivity contribution in [1.82, 2.24) is 0 Å². The maximum absolute atomic E-state index is 13.7. The molecular formula is C34H33Cl2IN2O3S. The molecule has 0 fully saturated rings. The number of benzene rings is 3. The third-order valence-electron chi connectivity index (χ3n) is 7.71. The van der Waals surface area contributed by atoms with Gasteiger partial charge >= 0.3 is 0 Å². The normalized spacial score (nSPS) is 14.9. The van der Waals surface area contributed by atoms with Crippen molar-refractivity contribution in [3.63, 3.8) is 0 Å². The Balaban J connectivity index is 1.45. The summed E-state index contributed by atoms with van der Waals surface area (Å²) in [5, 5.41) is 5.04. The van der Waals surface area contributed by atoms with E-state index in [0.717, 1.165) is 39.5 Å². The monoisotopic (exact) mass is 746 g/mol. The predicted molar refractivity (Wildman–Crippen MR) is 187 cm³/mol. The summed E-state index contributed by atoms with van der Waals surface area (Å²) in [4.78, 5) is 19.8. The number of ether oxygens (including phenoxy) is 2. The van der Waals surface area contributed by atoms with Crippen LogP contribution in [0.5, 0.6) is 11.5 Å². The molecule has 1 N–H and O–H groups in total. The predicted octanol–water partition coefficient (Wildman–Crippen LogP) is 10.4. The Morgan fingerprint density at radius 3 is 2.58 bits per heavy atom. The molecule has 9 heteroatoms. The lowest BCUT2D eigenvalue weighted by molar-refractivity contribution is 0.102. The first-order valence-electron chi connectivity index (χ1n) is 14.0. The summed E-state index contributed by atoms with van der Waals surface area (Å²) >= 11 is 16.2. The van der Waals surface area contributed by atoms with Crippen molar-refractivity contribution < 1.29 is 14.3 Å². The number of amides is 1. The van der Waals surface area contributed by atoms with Crippen molar-refractivity contribution in [2.75, 3.05) is 12.4 Å². The van der Waals surface area contributed by atoms with Crippen molar-refractivity contribution in [3.8, 4) is 11.5 Å². The van der Waals surface area contributed by atoms with Gasteiger partial charge in [-0.1, -0.05) is 62.2 Å². The molecular weight excluding hydrogens is 714 g/mol. The SMILES string of the molecule is COc1cc(C=Nc2sc3c(c2C(=O)Nc2ccc(Cl)cc2)CC[C@@H](C(C)(C)C)C3)cc(I)c1OCc1ccccc1Cl. The third kappa shape index (κ3) is 7.56. The smallest absolute Gasteiger partial charge is 0.259 e. The molecule has 0 aliphatic heterocycles. The second-order valence-corrected chi connectivity index (χ2v) is 14.7. The lowest BCUT2D eigenvalue weighted by atomic mass is 9.72. The standard InChI is InChI=1S/C34H33Cl2IN2O3S/c1-34(2,3)22-9-14-25-29(17-22)43-33(30(25)32(40)39-24-12-10-23(35)11-13-24)38-18-20-15-27(37)31(28(16-20)41-4)42-19-21-7-5-6-8-26(21)36/h5-8,10-13,15-16,18,22H,9,14,17,19H2,1-4H3,(H,39,40)/t22-/m1/s1. The van der Waals surface area contributed by atoms with Crippen LogP contribution in [0.15, 0.2) is 65.7 Å². The summed E-state index contributed by atoms with van der Waals surface area (Å²) in [7, 11) is 1.62. The van der Waals surface area contributed by atoms with E-state index < -0.39 is 0 Å². The number of aliphatic imine (C=N–C) groups is 1. The maximum atomic E-state index is 13.7. The first kappa shape index (κ1) is 31.8. The Labute approximate surface area is 280 Å². The van der Waals surface area contributed by atoms with Gasteiger partial charge < -0.3 is 14.8 Å². The van der Waals surface area contributed by atoms with Crippen LogP contribution in [-0.4, -0.2) is 19.2 Å². The van der Waals surface area contributed by atoms with Gasteiger partial charge in [0.15, 0.2) is 11.5 Å². The topological polar surface area (TPSA) is 59.9 Å². The number of nitrogens with zero attached hydrogens (tertiary/aromatic N) is 1. The highest BCUT2D eigenvalue weighted by Crippen LogP contribution is 2.45. The van der Waals surface area contributed by atoms with Crippen LogP contribution in [0.3, 0.4) is 0 Å². The van der Waals surface area contributed by atoms with Gasteiger partial charge in [-0.3, -0.25) is 4.79 Å². The van der Waals surface area contributed by atoms with Gasteiger partial charge in [0.05, 0.1) is 16.2 Å². The number of halogens is 3. The van der Waals surface area contributed by atoms with Gasteiger partial charge in [-0.15, -0.1) is 11.3 Å². The van der Waals surface area contributed by atoms with Gasteiger partial charge in [0.2, 0.25) is 0 Å². The number of rotatable bonds is 8. The molecule has 43 heavy (non-hydrogen) atoms. The van der Waals surface area contributed by atoms with E-state index in [-0.39, 0.29) is 11.3 Å². The van der Waals surface area contributed by atoms with Crippen LogP contribution in [0.1, 0.15) is 59.1 Å². The largest absolute Gasteiger partial charge is 0.493 e. The number of carbonyl (C=O) groups is 1. The minimum Gasteiger partial charge on any atom is -0.493 e. The zero-order chi connectivity index (χ0) is 30.7. The second-order valence-electron chi connectivity index (χ2n) is 11.6. The van der Waals surface area contributed by atoms with E-state index >= 15 is 0 Å². The van der Waals surface area contributed by atoms with Gasteiger partial charge in [0, 0.05) is 32.4 Å². The average molecular weight is 748 g/mol. The number of fused-ring (bicyclic) bond motifs is 1. The van der Waals surface area contributed by atoms with Crippen LogP contribution in [-0.2, 0) is 19.4 Å². The Morgan fingerprint density at radius 2 is 1.88 bits per heavy atom. The maximum Gasteiger partial charge on any atom is 0.259 e. The van der Waals surface area contributed by atoms with Gasteiger partial charge in [0.25, 0.3) is 5.91 Å². The molecule has 224 valence electrons. The summed E-state index contributed by atoms with van der Waals surface area (Å²) < 4.78 is 12.7. The van der Waals surface area contributed by atoms with Crippen LogP contribution < -0.4 is 14.8 Å². The summed E-state index contributed by atoms with van der Waals surface area (Å²) in [5.41, 5.74) is 4.39. The highest BCUT2D eigenvalue weighted by atomic mass is 127. The van der Waals surface area contributed by atoms with Gasteiger partial charge in [-0.2, -0.15) is 0 Å². The number of thiophene rings is 1. The van der Waals surface area contributed by atoms with E-state index in [1.165, 1.54) is 4.88 Å². The molecule has 5 rings (SSSR count). The van der Waals surface area contributed by atoms with E-state index in [9.17, 15) is 4.79 Å². The van der Waals surface area contributed by atoms with E-state index in [1.54, 1.807) is 48.9 Å². The molecule has 1 aliphatic rings. The fraction of sp³-hybridized carbons (Fsp3) is 0.294. The zero-order valence-electron chi connectivity index (χ0n) is 24.5. The molecule has 1 amide bonds.